The monoisotopic (exact) mass is 401 g/mol. The summed E-state index contributed by atoms with van der Waals surface area (Å²) in [4.78, 5) is 2.11. The Hall–Kier alpha value is -2.97. The van der Waals surface area contributed by atoms with E-state index in [9.17, 15) is 17.2 Å². The third-order valence-corrected chi connectivity index (χ3v) is 6.23. The van der Waals surface area contributed by atoms with Crippen molar-refractivity contribution >= 4 is 20.9 Å². The number of aromatic amines is 1. The Morgan fingerprint density at radius 2 is 1.82 bits per heavy atom. The highest BCUT2D eigenvalue weighted by Crippen LogP contribution is 2.31. The van der Waals surface area contributed by atoms with Crippen LogP contribution in [-0.4, -0.2) is 24.4 Å². The minimum absolute atomic E-state index is 0.330. The fourth-order valence-corrected chi connectivity index (χ4v) is 4.76. The van der Waals surface area contributed by atoms with Gasteiger partial charge in [0.25, 0.3) is 10.0 Å². The molecule has 0 aliphatic heterocycles. The van der Waals surface area contributed by atoms with Crippen molar-refractivity contribution in [3.8, 4) is 11.3 Å². The van der Waals surface area contributed by atoms with E-state index in [4.69, 9.17) is 0 Å². The summed E-state index contributed by atoms with van der Waals surface area (Å²) in [5.74, 6) is -2.26. The van der Waals surface area contributed by atoms with Gasteiger partial charge in [0.05, 0.1) is 5.69 Å². The lowest BCUT2D eigenvalue weighted by molar-refractivity contribution is 0.516. The highest BCUT2D eigenvalue weighted by atomic mass is 32.2. The van der Waals surface area contributed by atoms with Crippen molar-refractivity contribution in [1.82, 2.24) is 14.3 Å². The maximum absolute atomic E-state index is 14.2. The zero-order valence-corrected chi connectivity index (χ0v) is 15.7. The molecule has 0 radical (unpaired) electrons. The molecule has 0 amide bonds. The van der Waals surface area contributed by atoms with Gasteiger partial charge in [-0.2, -0.15) is 0 Å². The van der Waals surface area contributed by atoms with Crippen molar-refractivity contribution in [2.75, 3.05) is 7.05 Å². The normalized spacial score (nSPS) is 12.0. The number of nitrogens with one attached hydrogen (secondary N) is 2. The molecule has 0 bridgehead atoms. The van der Waals surface area contributed by atoms with Crippen LogP contribution in [0.1, 0.15) is 5.56 Å². The molecule has 0 saturated carbocycles. The van der Waals surface area contributed by atoms with Gasteiger partial charge in [0, 0.05) is 29.8 Å². The van der Waals surface area contributed by atoms with E-state index in [1.54, 1.807) is 25.4 Å². The maximum atomic E-state index is 14.2. The Labute approximate surface area is 160 Å². The van der Waals surface area contributed by atoms with Gasteiger partial charge in [0.2, 0.25) is 0 Å². The molecule has 0 unspecified atom stereocenters. The van der Waals surface area contributed by atoms with Crippen LogP contribution in [-0.2, 0) is 16.6 Å². The third-order valence-electron chi connectivity index (χ3n) is 4.51. The molecule has 2 N–H and O–H groups in total. The van der Waals surface area contributed by atoms with E-state index in [2.05, 4.69) is 10.3 Å². The highest BCUT2D eigenvalue weighted by molar-refractivity contribution is 7.90. The molecule has 0 atom stereocenters. The first-order valence-electron chi connectivity index (χ1n) is 8.55. The molecule has 5 nitrogen and oxygen atoms in total. The van der Waals surface area contributed by atoms with Gasteiger partial charge in [-0.15, -0.1) is 0 Å². The average Bonchev–Trinajstić information content (AvgIpc) is 3.28. The predicted octanol–water partition coefficient (Wildman–Crippen LogP) is 3.87. The molecule has 2 aromatic carbocycles. The predicted molar refractivity (Wildman–Crippen MR) is 103 cm³/mol. The summed E-state index contributed by atoms with van der Waals surface area (Å²) in [5.41, 5.74) is 2.53. The number of halogens is 2. The molecule has 0 saturated heterocycles. The molecule has 144 valence electrons. The smallest absolute Gasteiger partial charge is 0.274 e. The van der Waals surface area contributed by atoms with Crippen LogP contribution in [0.3, 0.4) is 0 Å². The van der Waals surface area contributed by atoms with Gasteiger partial charge in [0.15, 0.2) is 4.90 Å². The first kappa shape index (κ1) is 18.4. The Morgan fingerprint density at radius 1 is 1.07 bits per heavy atom. The molecule has 8 heteroatoms. The number of hydrogen-bond donors (Lipinski definition) is 2. The fourth-order valence-electron chi connectivity index (χ4n) is 3.25. The summed E-state index contributed by atoms with van der Waals surface area (Å²) < 4.78 is 55.7. The summed E-state index contributed by atoms with van der Waals surface area (Å²) >= 11 is 0. The van der Waals surface area contributed by atoms with E-state index in [0.29, 0.717) is 23.4 Å². The van der Waals surface area contributed by atoms with Gasteiger partial charge in [0.1, 0.15) is 11.6 Å². The van der Waals surface area contributed by atoms with Crippen LogP contribution in [0.15, 0.2) is 65.8 Å². The summed E-state index contributed by atoms with van der Waals surface area (Å²) in [6.45, 7) is 0.404. The SMILES string of the molecule is CNCc1cc(-c2ccc3[nH]ccc3c2)n(S(=O)(=O)c2c(F)cccc2F)c1. The summed E-state index contributed by atoms with van der Waals surface area (Å²) in [7, 11) is -2.76. The Balaban J connectivity index is 1.96. The number of nitrogens with zero attached hydrogens (tertiary/aromatic N) is 1. The topological polar surface area (TPSA) is 66.9 Å². The van der Waals surface area contributed by atoms with Gasteiger partial charge in [-0.05, 0) is 54.6 Å². The second-order valence-electron chi connectivity index (χ2n) is 6.40. The van der Waals surface area contributed by atoms with E-state index in [0.717, 1.165) is 33.1 Å². The summed E-state index contributed by atoms with van der Waals surface area (Å²) in [6, 6.07) is 12.0. The van der Waals surface area contributed by atoms with Gasteiger partial charge in [-0.25, -0.2) is 21.2 Å². The number of rotatable bonds is 5. The standard InChI is InChI=1S/C20H17F2N3O2S/c1-23-11-13-9-19(15-5-6-18-14(10-15)7-8-24-18)25(12-13)28(26,27)20-16(21)3-2-4-17(20)22/h2-10,12,23-24H,11H2,1H3. The lowest BCUT2D eigenvalue weighted by atomic mass is 10.1. The lowest BCUT2D eigenvalue weighted by Crippen LogP contribution is -2.16. The van der Waals surface area contributed by atoms with Crippen LogP contribution in [0, 0.1) is 11.6 Å². The molecule has 0 spiro atoms. The van der Waals surface area contributed by atoms with Gasteiger partial charge >= 0.3 is 0 Å². The zero-order valence-electron chi connectivity index (χ0n) is 14.9. The molecular weight excluding hydrogens is 384 g/mol. The van der Waals surface area contributed by atoms with Crippen LogP contribution in [0.4, 0.5) is 8.78 Å². The maximum Gasteiger partial charge on any atom is 0.274 e. The van der Waals surface area contributed by atoms with E-state index in [1.807, 2.05) is 18.2 Å². The van der Waals surface area contributed by atoms with Crippen LogP contribution >= 0.6 is 0 Å². The molecule has 0 aliphatic rings. The van der Waals surface area contributed by atoms with E-state index >= 15 is 0 Å². The zero-order chi connectivity index (χ0) is 19.9. The van der Waals surface area contributed by atoms with Crippen LogP contribution in [0.5, 0.6) is 0 Å². The van der Waals surface area contributed by atoms with Crippen molar-refractivity contribution in [2.45, 2.75) is 11.4 Å². The number of fused-ring (bicyclic) bond motifs is 1. The second-order valence-corrected chi connectivity index (χ2v) is 8.15. The van der Waals surface area contributed by atoms with E-state index in [-0.39, 0.29) is 0 Å². The molecule has 28 heavy (non-hydrogen) atoms. The van der Waals surface area contributed by atoms with Gasteiger partial charge < -0.3 is 10.3 Å². The summed E-state index contributed by atoms with van der Waals surface area (Å²) in [5, 5.41) is 3.85. The van der Waals surface area contributed by atoms with Crippen molar-refractivity contribution in [1.29, 1.82) is 0 Å². The Bertz CT molecular complexity index is 1260. The van der Waals surface area contributed by atoms with Crippen molar-refractivity contribution in [2.24, 2.45) is 0 Å². The molecule has 4 rings (SSSR count). The molecule has 4 aromatic rings. The number of H-pyrrole nitrogens is 1. The Morgan fingerprint density at radius 3 is 2.54 bits per heavy atom. The fraction of sp³-hybridized carbons (Fsp3) is 0.100. The number of benzene rings is 2. The van der Waals surface area contributed by atoms with Crippen LogP contribution in [0.25, 0.3) is 22.2 Å². The molecule has 2 aromatic heterocycles. The summed E-state index contributed by atoms with van der Waals surface area (Å²) in [6.07, 6.45) is 3.17. The number of hydrogen-bond acceptors (Lipinski definition) is 3. The second kappa shape index (κ2) is 6.88. The van der Waals surface area contributed by atoms with Crippen molar-refractivity contribution in [3.63, 3.8) is 0 Å². The largest absolute Gasteiger partial charge is 0.361 e. The minimum Gasteiger partial charge on any atom is -0.361 e. The molecular formula is C20H17F2N3O2S. The average molecular weight is 401 g/mol. The first-order chi connectivity index (χ1) is 13.4. The Kier molecular flexibility index (Phi) is 4.52. The van der Waals surface area contributed by atoms with E-state index in [1.165, 1.54) is 6.20 Å². The molecule has 0 fully saturated rings. The van der Waals surface area contributed by atoms with Crippen LogP contribution < -0.4 is 5.32 Å². The minimum atomic E-state index is -4.49. The third kappa shape index (κ3) is 3.00. The molecule has 0 aliphatic carbocycles. The van der Waals surface area contributed by atoms with Gasteiger partial charge in [-0.1, -0.05) is 12.1 Å². The first-order valence-corrected chi connectivity index (χ1v) is 9.99. The van der Waals surface area contributed by atoms with Crippen molar-refractivity contribution < 1.29 is 17.2 Å². The van der Waals surface area contributed by atoms with Gasteiger partial charge in [-0.3, -0.25) is 0 Å². The lowest BCUT2D eigenvalue weighted by Gasteiger charge is -2.12. The van der Waals surface area contributed by atoms with E-state index < -0.39 is 26.6 Å². The molecule has 2 heterocycles. The quantitative estimate of drug-likeness (QED) is 0.534. The van der Waals surface area contributed by atoms with Crippen LogP contribution in [0.2, 0.25) is 0 Å². The van der Waals surface area contributed by atoms with Crippen molar-refractivity contribution in [3.05, 3.63) is 78.1 Å². The highest BCUT2D eigenvalue weighted by Gasteiger charge is 2.28. The number of aromatic nitrogens is 2.